The van der Waals surface area contributed by atoms with Crippen molar-refractivity contribution < 1.29 is 9.53 Å². The van der Waals surface area contributed by atoms with E-state index in [-0.39, 0.29) is 36.1 Å². The molecule has 3 N–H and O–H groups in total. The molecule has 0 bridgehead atoms. The van der Waals surface area contributed by atoms with Crippen LogP contribution in [0.4, 0.5) is 4.79 Å². The predicted octanol–water partition coefficient (Wildman–Crippen LogP) is 2.38. The highest BCUT2D eigenvalue weighted by atomic mass is 127. The van der Waals surface area contributed by atoms with Gasteiger partial charge in [0, 0.05) is 38.3 Å². The summed E-state index contributed by atoms with van der Waals surface area (Å²) in [6.07, 6.45) is 3.00. The first kappa shape index (κ1) is 22.9. The summed E-state index contributed by atoms with van der Waals surface area (Å²) in [5.41, 5.74) is 2.11. The topological polar surface area (TPSA) is 108 Å². The van der Waals surface area contributed by atoms with E-state index in [4.69, 9.17) is 4.74 Å². The maximum atomic E-state index is 11.8. The van der Waals surface area contributed by atoms with Gasteiger partial charge in [0.25, 0.3) is 0 Å². The van der Waals surface area contributed by atoms with Crippen LogP contribution >= 0.6 is 24.0 Å². The van der Waals surface area contributed by atoms with Gasteiger partial charge in [-0.15, -0.1) is 24.0 Å². The van der Waals surface area contributed by atoms with Crippen LogP contribution in [0.15, 0.2) is 35.6 Å². The summed E-state index contributed by atoms with van der Waals surface area (Å²) in [7, 11) is 1.76. The van der Waals surface area contributed by atoms with Gasteiger partial charge in [-0.25, -0.2) is 9.78 Å². The zero-order valence-corrected chi connectivity index (χ0v) is 19.1. The molecule has 1 aromatic carbocycles. The summed E-state index contributed by atoms with van der Waals surface area (Å²) in [6, 6.07) is 8.39. The third kappa shape index (κ3) is 6.58. The van der Waals surface area contributed by atoms with Gasteiger partial charge in [0.2, 0.25) is 0 Å². The summed E-state index contributed by atoms with van der Waals surface area (Å²) in [5, 5.41) is 13.6. The van der Waals surface area contributed by atoms with Crippen LogP contribution < -0.4 is 10.6 Å². The van der Waals surface area contributed by atoms with Crippen molar-refractivity contribution >= 4 is 36.0 Å². The van der Waals surface area contributed by atoms with Gasteiger partial charge >= 0.3 is 6.09 Å². The number of rotatable bonds is 5. The largest absolute Gasteiger partial charge is 0.450 e. The molecule has 1 aliphatic heterocycles. The Morgan fingerprint density at radius 2 is 2.17 bits per heavy atom. The monoisotopic (exact) mass is 513 g/mol. The lowest BCUT2D eigenvalue weighted by molar-refractivity contribution is 0.0963. The minimum absolute atomic E-state index is 0. The van der Waals surface area contributed by atoms with Crippen molar-refractivity contribution in [2.24, 2.45) is 4.99 Å². The molecule has 1 amide bonds. The van der Waals surface area contributed by atoms with Crippen LogP contribution in [-0.2, 0) is 11.3 Å². The molecule has 1 saturated heterocycles. The van der Waals surface area contributed by atoms with Gasteiger partial charge in [-0.1, -0.05) is 18.2 Å². The minimum atomic E-state index is -0.227. The smallest absolute Gasteiger partial charge is 0.409 e. The molecule has 0 unspecified atom stereocenters. The van der Waals surface area contributed by atoms with Gasteiger partial charge in [-0.3, -0.25) is 10.1 Å². The fourth-order valence-electron chi connectivity index (χ4n) is 3.17. The number of carbonyl (C=O) groups is 1. The van der Waals surface area contributed by atoms with Crippen molar-refractivity contribution in [2.75, 3.05) is 26.7 Å². The van der Waals surface area contributed by atoms with Crippen LogP contribution in [0.5, 0.6) is 0 Å². The Morgan fingerprint density at radius 3 is 2.83 bits per heavy atom. The number of nitrogens with zero attached hydrogens (tertiary/aromatic N) is 4. The summed E-state index contributed by atoms with van der Waals surface area (Å²) in [5.74, 6) is 1.50. The SMILES string of the molecule is CCOC(=O)N1CCC(NC(=NC)NCc2cccc(-c3ncn[nH]3)c2)CC1.I. The number of amides is 1. The van der Waals surface area contributed by atoms with Crippen molar-refractivity contribution in [3.63, 3.8) is 0 Å². The van der Waals surface area contributed by atoms with E-state index in [0.29, 0.717) is 26.2 Å². The van der Waals surface area contributed by atoms with Crippen LogP contribution in [0.2, 0.25) is 0 Å². The Kier molecular flexibility index (Phi) is 9.16. The number of nitrogens with one attached hydrogen (secondary N) is 3. The third-order valence-corrected chi connectivity index (χ3v) is 4.66. The molecule has 0 atom stereocenters. The Labute approximate surface area is 187 Å². The Balaban J connectivity index is 0.00000300. The molecular formula is C19H28IN7O2. The summed E-state index contributed by atoms with van der Waals surface area (Å²) >= 11 is 0. The first-order valence-electron chi connectivity index (χ1n) is 9.53. The third-order valence-electron chi connectivity index (χ3n) is 4.66. The highest BCUT2D eigenvalue weighted by Crippen LogP contribution is 2.15. The normalized spacial score (nSPS) is 14.8. The van der Waals surface area contributed by atoms with Crippen LogP contribution in [0.3, 0.4) is 0 Å². The molecule has 1 aliphatic rings. The molecule has 0 saturated carbocycles. The van der Waals surface area contributed by atoms with Crippen molar-refractivity contribution in [3.8, 4) is 11.4 Å². The maximum Gasteiger partial charge on any atom is 0.409 e. The van der Waals surface area contributed by atoms with Gasteiger partial charge in [0.1, 0.15) is 6.33 Å². The van der Waals surface area contributed by atoms with Gasteiger partial charge in [0.05, 0.1) is 6.61 Å². The average Bonchev–Trinajstić information content (AvgIpc) is 3.27. The molecule has 10 heteroatoms. The van der Waals surface area contributed by atoms with Crippen molar-refractivity contribution in [3.05, 3.63) is 36.2 Å². The molecule has 3 rings (SSSR count). The van der Waals surface area contributed by atoms with Crippen LogP contribution in [0.1, 0.15) is 25.3 Å². The second-order valence-corrected chi connectivity index (χ2v) is 6.56. The van der Waals surface area contributed by atoms with E-state index in [0.717, 1.165) is 35.8 Å². The number of aromatic nitrogens is 3. The minimum Gasteiger partial charge on any atom is -0.450 e. The maximum absolute atomic E-state index is 11.8. The van der Waals surface area contributed by atoms with Crippen molar-refractivity contribution in [2.45, 2.75) is 32.4 Å². The zero-order chi connectivity index (χ0) is 19.8. The van der Waals surface area contributed by atoms with E-state index in [1.54, 1.807) is 11.9 Å². The number of hydrogen-bond acceptors (Lipinski definition) is 5. The van der Waals surface area contributed by atoms with Gasteiger partial charge < -0.3 is 20.3 Å². The number of H-pyrrole nitrogens is 1. The van der Waals surface area contributed by atoms with Gasteiger partial charge in [0.15, 0.2) is 11.8 Å². The lowest BCUT2D eigenvalue weighted by Crippen LogP contribution is -2.49. The number of piperidine rings is 1. The Bertz CT molecular complexity index is 790. The quantitative estimate of drug-likeness (QED) is 0.322. The Morgan fingerprint density at radius 1 is 1.38 bits per heavy atom. The summed E-state index contributed by atoms with van der Waals surface area (Å²) < 4.78 is 5.06. The fourth-order valence-corrected chi connectivity index (χ4v) is 3.17. The zero-order valence-electron chi connectivity index (χ0n) is 16.7. The van der Waals surface area contributed by atoms with E-state index < -0.39 is 0 Å². The van der Waals surface area contributed by atoms with Gasteiger partial charge in [-0.05, 0) is 31.4 Å². The summed E-state index contributed by atoms with van der Waals surface area (Å²) in [6.45, 7) is 4.25. The number of carbonyl (C=O) groups excluding carboxylic acids is 1. The molecule has 2 aromatic rings. The number of ether oxygens (including phenoxy) is 1. The average molecular weight is 513 g/mol. The van der Waals surface area contributed by atoms with E-state index in [2.05, 4.69) is 42.9 Å². The molecule has 9 nitrogen and oxygen atoms in total. The molecule has 1 aromatic heterocycles. The molecular weight excluding hydrogens is 485 g/mol. The second-order valence-electron chi connectivity index (χ2n) is 6.56. The first-order valence-corrected chi connectivity index (χ1v) is 9.53. The molecule has 158 valence electrons. The van der Waals surface area contributed by atoms with Crippen molar-refractivity contribution in [1.82, 2.24) is 30.7 Å². The number of halogens is 1. The molecule has 29 heavy (non-hydrogen) atoms. The van der Waals surface area contributed by atoms with Crippen LogP contribution in [0.25, 0.3) is 11.4 Å². The number of aromatic amines is 1. The molecule has 0 spiro atoms. The number of benzene rings is 1. The van der Waals surface area contributed by atoms with E-state index >= 15 is 0 Å². The van der Waals surface area contributed by atoms with E-state index in [1.165, 1.54) is 6.33 Å². The number of hydrogen-bond donors (Lipinski definition) is 3. The van der Waals surface area contributed by atoms with E-state index in [1.807, 2.05) is 19.1 Å². The lowest BCUT2D eigenvalue weighted by atomic mass is 10.1. The number of aliphatic imine (C=N–C) groups is 1. The standard InChI is InChI=1S/C19H27N7O2.HI/c1-3-28-19(27)26-9-7-16(8-10-26)24-18(20-2)21-12-14-5-4-6-15(11-14)17-22-13-23-25-17;/h4-6,11,13,16H,3,7-10,12H2,1-2H3,(H2,20,21,24)(H,22,23,25);1H. The molecule has 0 radical (unpaired) electrons. The molecule has 0 aliphatic carbocycles. The van der Waals surface area contributed by atoms with Crippen LogP contribution in [0, 0.1) is 0 Å². The highest BCUT2D eigenvalue weighted by Gasteiger charge is 2.24. The second kappa shape index (κ2) is 11.6. The molecule has 1 fully saturated rings. The van der Waals surface area contributed by atoms with Crippen LogP contribution in [-0.4, -0.2) is 64.9 Å². The fraction of sp³-hybridized carbons (Fsp3) is 0.474. The highest BCUT2D eigenvalue weighted by molar-refractivity contribution is 14.0. The van der Waals surface area contributed by atoms with Crippen molar-refractivity contribution in [1.29, 1.82) is 0 Å². The van der Waals surface area contributed by atoms with E-state index in [9.17, 15) is 4.79 Å². The lowest BCUT2D eigenvalue weighted by Gasteiger charge is -2.32. The number of guanidine groups is 1. The summed E-state index contributed by atoms with van der Waals surface area (Å²) in [4.78, 5) is 22.0. The Hall–Kier alpha value is -2.37. The van der Waals surface area contributed by atoms with Gasteiger partial charge in [-0.2, -0.15) is 5.10 Å². The predicted molar refractivity (Wildman–Crippen MR) is 122 cm³/mol. The number of likely N-dealkylation sites (tertiary alicyclic amines) is 1. The molecule has 2 heterocycles. The first-order chi connectivity index (χ1) is 13.7.